The molecule has 0 aliphatic heterocycles. The first-order valence-corrected chi connectivity index (χ1v) is 5.79. The molecule has 2 aliphatic rings. The van der Waals surface area contributed by atoms with Crippen LogP contribution in [0.3, 0.4) is 0 Å². The average Bonchev–Trinajstić information content (AvgIpc) is 2.81. The normalized spacial score (nSPS) is 29.1. The highest BCUT2D eigenvalue weighted by Gasteiger charge is 1.99. The van der Waals surface area contributed by atoms with E-state index in [0.717, 1.165) is 17.7 Å². The molecule has 2 heteroatoms. The molecule has 0 atom stereocenters. The molecule has 2 N–H and O–H groups in total. The van der Waals surface area contributed by atoms with Crippen molar-refractivity contribution >= 4 is 0 Å². The van der Waals surface area contributed by atoms with Crippen LogP contribution in [0.4, 0.5) is 0 Å². The van der Waals surface area contributed by atoms with E-state index >= 15 is 0 Å². The van der Waals surface area contributed by atoms with Gasteiger partial charge in [0.25, 0.3) is 0 Å². The molecule has 0 saturated carbocycles. The molecule has 0 bridgehead atoms. The summed E-state index contributed by atoms with van der Waals surface area (Å²) in [6, 6.07) is 2.12. The summed E-state index contributed by atoms with van der Waals surface area (Å²) in [5, 5.41) is 8.75. The lowest BCUT2D eigenvalue weighted by molar-refractivity contribution is 1.26. The highest BCUT2D eigenvalue weighted by Crippen LogP contribution is 2.16. The fourth-order valence-electron chi connectivity index (χ4n) is 1.67. The van der Waals surface area contributed by atoms with Gasteiger partial charge < -0.3 is 5.73 Å². The first-order chi connectivity index (χ1) is 8.78. The van der Waals surface area contributed by atoms with Gasteiger partial charge in [0.2, 0.25) is 0 Å². The van der Waals surface area contributed by atoms with Crippen molar-refractivity contribution in [2.45, 2.75) is 6.42 Å². The van der Waals surface area contributed by atoms with E-state index in [4.69, 9.17) is 11.0 Å². The van der Waals surface area contributed by atoms with Crippen molar-refractivity contribution in [3.8, 4) is 6.07 Å². The number of nitriles is 1. The summed E-state index contributed by atoms with van der Waals surface area (Å²) in [7, 11) is 0. The lowest BCUT2D eigenvalue weighted by atomic mass is 10.1. The number of allylic oxidation sites excluding steroid dienone is 13. The predicted octanol–water partition coefficient (Wildman–Crippen LogP) is 3.22. The van der Waals surface area contributed by atoms with Crippen LogP contribution < -0.4 is 5.73 Å². The summed E-state index contributed by atoms with van der Waals surface area (Å²) in [5.74, 6) is 0. The van der Waals surface area contributed by atoms with E-state index < -0.39 is 0 Å². The Kier molecular flexibility index (Phi) is 3.78. The van der Waals surface area contributed by atoms with Crippen molar-refractivity contribution in [3.63, 3.8) is 0 Å². The Bertz CT molecular complexity index is 585. The van der Waals surface area contributed by atoms with Crippen LogP contribution in [0.5, 0.6) is 0 Å². The van der Waals surface area contributed by atoms with E-state index in [2.05, 4.69) is 18.2 Å². The van der Waals surface area contributed by atoms with E-state index in [1.54, 1.807) is 0 Å². The van der Waals surface area contributed by atoms with Gasteiger partial charge in [-0.1, -0.05) is 36.5 Å². The molecule has 18 heavy (non-hydrogen) atoms. The van der Waals surface area contributed by atoms with E-state index in [9.17, 15) is 0 Å². The van der Waals surface area contributed by atoms with Gasteiger partial charge in [-0.3, -0.25) is 0 Å². The summed E-state index contributed by atoms with van der Waals surface area (Å²) in [6.45, 7) is 0. The third-order valence-corrected chi connectivity index (χ3v) is 2.66. The quantitative estimate of drug-likeness (QED) is 0.757. The average molecular weight is 234 g/mol. The Hall–Kier alpha value is -2.53. The Labute approximate surface area is 107 Å². The van der Waals surface area contributed by atoms with Gasteiger partial charge in [-0.25, -0.2) is 0 Å². The molecular formula is C16H14N2. The molecule has 0 aromatic carbocycles. The molecule has 0 radical (unpaired) electrons. The standard InChI is InChI=1S/C16H14N2/c17-12-15-8-7-14(11-15)6-5-13-3-1-2-4-16(18)10-9-13/h1-2,4-11H,3,18H2/b2-1-,10-9-,13-5+,14-6-,16-4+. The highest BCUT2D eigenvalue weighted by molar-refractivity contribution is 5.53. The number of hydrogen-bond donors (Lipinski definition) is 1. The number of hydrogen-bond acceptors (Lipinski definition) is 2. The van der Waals surface area contributed by atoms with Crippen molar-refractivity contribution in [1.82, 2.24) is 0 Å². The Morgan fingerprint density at radius 3 is 2.83 bits per heavy atom. The van der Waals surface area contributed by atoms with Gasteiger partial charge in [-0.15, -0.1) is 0 Å². The molecule has 0 heterocycles. The van der Waals surface area contributed by atoms with Gasteiger partial charge in [0, 0.05) is 5.70 Å². The SMILES string of the molecule is N#CC1=C\C(=C/C=C2/C=C\C(N)=C/C=C\C2)C=C1. The van der Waals surface area contributed by atoms with Crippen LogP contribution in [0.2, 0.25) is 0 Å². The summed E-state index contributed by atoms with van der Waals surface area (Å²) >= 11 is 0. The van der Waals surface area contributed by atoms with Crippen LogP contribution in [0.25, 0.3) is 0 Å². The molecular weight excluding hydrogens is 220 g/mol. The van der Waals surface area contributed by atoms with E-state index in [-0.39, 0.29) is 0 Å². The van der Waals surface area contributed by atoms with Gasteiger partial charge in [0.1, 0.15) is 0 Å². The first-order valence-electron chi connectivity index (χ1n) is 5.79. The molecule has 0 unspecified atom stereocenters. The summed E-state index contributed by atoms with van der Waals surface area (Å²) in [6.07, 6.45) is 20.4. The molecule has 0 aromatic rings. The molecule has 2 rings (SSSR count). The van der Waals surface area contributed by atoms with Crippen LogP contribution in [0.15, 0.2) is 83.2 Å². The van der Waals surface area contributed by atoms with Crippen LogP contribution in [0, 0.1) is 11.3 Å². The van der Waals surface area contributed by atoms with E-state index in [0.29, 0.717) is 5.57 Å². The Balaban J connectivity index is 2.16. The zero-order valence-corrected chi connectivity index (χ0v) is 10.0. The van der Waals surface area contributed by atoms with Gasteiger partial charge in [0.15, 0.2) is 0 Å². The first kappa shape index (κ1) is 11.9. The monoisotopic (exact) mass is 234 g/mol. The number of nitrogens with two attached hydrogens (primary N) is 1. The Morgan fingerprint density at radius 1 is 1.17 bits per heavy atom. The Morgan fingerprint density at radius 2 is 2.06 bits per heavy atom. The molecule has 0 amide bonds. The van der Waals surface area contributed by atoms with Gasteiger partial charge in [-0.05, 0) is 41.9 Å². The fourth-order valence-corrected chi connectivity index (χ4v) is 1.67. The van der Waals surface area contributed by atoms with Gasteiger partial charge >= 0.3 is 0 Å². The number of nitrogens with zero attached hydrogens (tertiary/aromatic N) is 1. The van der Waals surface area contributed by atoms with Gasteiger partial charge in [0.05, 0.1) is 11.6 Å². The molecule has 0 saturated heterocycles. The van der Waals surface area contributed by atoms with Crippen LogP contribution in [0.1, 0.15) is 6.42 Å². The van der Waals surface area contributed by atoms with Crippen molar-refractivity contribution in [3.05, 3.63) is 83.2 Å². The molecule has 2 nitrogen and oxygen atoms in total. The highest BCUT2D eigenvalue weighted by atomic mass is 14.5. The van der Waals surface area contributed by atoms with Crippen LogP contribution in [-0.2, 0) is 0 Å². The minimum absolute atomic E-state index is 0.694. The second kappa shape index (κ2) is 5.70. The lowest BCUT2D eigenvalue weighted by Gasteiger charge is -2.00. The molecule has 0 fully saturated rings. The minimum atomic E-state index is 0.694. The second-order valence-corrected chi connectivity index (χ2v) is 4.09. The van der Waals surface area contributed by atoms with Crippen LogP contribution in [-0.4, -0.2) is 0 Å². The van der Waals surface area contributed by atoms with Crippen molar-refractivity contribution in [1.29, 1.82) is 5.26 Å². The van der Waals surface area contributed by atoms with Crippen molar-refractivity contribution in [2.24, 2.45) is 5.73 Å². The zero-order valence-electron chi connectivity index (χ0n) is 10.0. The van der Waals surface area contributed by atoms with Crippen molar-refractivity contribution < 1.29 is 0 Å². The zero-order chi connectivity index (χ0) is 12.8. The fraction of sp³-hybridized carbons (Fsp3) is 0.0625. The third-order valence-electron chi connectivity index (χ3n) is 2.66. The number of rotatable bonds is 1. The maximum atomic E-state index is 8.75. The van der Waals surface area contributed by atoms with Crippen LogP contribution >= 0.6 is 0 Å². The maximum absolute atomic E-state index is 8.75. The summed E-state index contributed by atoms with van der Waals surface area (Å²) < 4.78 is 0. The second-order valence-electron chi connectivity index (χ2n) is 4.09. The van der Waals surface area contributed by atoms with Gasteiger partial charge in [-0.2, -0.15) is 5.26 Å². The third kappa shape index (κ3) is 3.23. The predicted molar refractivity (Wildman–Crippen MR) is 74.2 cm³/mol. The molecule has 88 valence electrons. The molecule has 2 aliphatic carbocycles. The summed E-state index contributed by atoms with van der Waals surface area (Å²) in [4.78, 5) is 0. The largest absolute Gasteiger partial charge is 0.399 e. The van der Waals surface area contributed by atoms with Crippen molar-refractivity contribution in [2.75, 3.05) is 0 Å². The molecule has 0 spiro atoms. The van der Waals surface area contributed by atoms with E-state index in [1.165, 1.54) is 5.57 Å². The smallest absolute Gasteiger partial charge is 0.0991 e. The van der Waals surface area contributed by atoms with E-state index in [1.807, 2.05) is 48.6 Å². The maximum Gasteiger partial charge on any atom is 0.0991 e. The summed E-state index contributed by atoms with van der Waals surface area (Å²) in [5.41, 5.74) is 9.41. The molecule has 0 aromatic heterocycles. The topological polar surface area (TPSA) is 49.8 Å². The minimum Gasteiger partial charge on any atom is -0.399 e. The lowest BCUT2D eigenvalue weighted by Crippen LogP contribution is -1.93.